The Labute approximate surface area is 117 Å². The molecule has 106 valence electrons. The molecule has 19 heavy (non-hydrogen) atoms. The standard InChI is InChI=1S/C17H27NO/c1-14(2)18-13-17(10-5-4-6-11-17)15-8-7-9-16(12-15)19-3/h7-9,12,14,18H,4-6,10-11,13H2,1-3H3. The van der Waals surface area contributed by atoms with Crippen LogP contribution in [0.1, 0.15) is 51.5 Å². The van der Waals surface area contributed by atoms with E-state index in [0.717, 1.165) is 12.3 Å². The molecule has 0 spiro atoms. The van der Waals surface area contributed by atoms with Crippen molar-refractivity contribution in [2.75, 3.05) is 13.7 Å². The van der Waals surface area contributed by atoms with Gasteiger partial charge in [-0.25, -0.2) is 0 Å². The van der Waals surface area contributed by atoms with Gasteiger partial charge in [0.15, 0.2) is 0 Å². The minimum absolute atomic E-state index is 0.303. The van der Waals surface area contributed by atoms with Crippen molar-refractivity contribution < 1.29 is 4.74 Å². The van der Waals surface area contributed by atoms with Crippen LogP contribution in [0.2, 0.25) is 0 Å². The lowest BCUT2D eigenvalue weighted by atomic mass is 9.69. The Balaban J connectivity index is 2.24. The molecule has 0 unspecified atom stereocenters. The van der Waals surface area contributed by atoms with Crippen molar-refractivity contribution >= 4 is 0 Å². The molecule has 0 amide bonds. The molecule has 1 aromatic rings. The van der Waals surface area contributed by atoms with Gasteiger partial charge in [-0.2, -0.15) is 0 Å². The smallest absolute Gasteiger partial charge is 0.119 e. The van der Waals surface area contributed by atoms with Gasteiger partial charge in [0, 0.05) is 18.0 Å². The maximum atomic E-state index is 5.40. The third kappa shape index (κ3) is 3.50. The Kier molecular flexibility index (Phi) is 4.87. The molecule has 1 aromatic carbocycles. The van der Waals surface area contributed by atoms with E-state index in [1.807, 2.05) is 6.07 Å². The molecule has 0 aromatic heterocycles. The first-order chi connectivity index (χ1) is 9.16. The molecule has 0 aliphatic heterocycles. The molecular weight excluding hydrogens is 234 g/mol. The van der Waals surface area contributed by atoms with Crippen molar-refractivity contribution in [3.8, 4) is 5.75 Å². The summed E-state index contributed by atoms with van der Waals surface area (Å²) < 4.78 is 5.40. The maximum Gasteiger partial charge on any atom is 0.119 e. The third-order valence-corrected chi connectivity index (χ3v) is 4.34. The second-order valence-corrected chi connectivity index (χ2v) is 6.11. The van der Waals surface area contributed by atoms with Crippen LogP contribution in [0.15, 0.2) is 24.3 Å². The summed E-state index contributed by atoms with van der Waals surface area (Å²) in [5.74, 6) is 0.979. The summed E-state index contributed by atoms with van der Waals surface area (Å²) in [4.78, 5) is 0. The van der Waals surface area contributed by atoms with E-state index in [9.17, 15) is 0 Å². The van der Waals surface area contributed by atoms with Gasteiger partial charge in [-0.1, -0.05) is 45.2 Å². The molecule has 1 N–H and O–H groups in total. The summed E-state index contributed by atoms with van der Waals surface area (Å²) in [5, 5.41) is 3.65. The number of methoxy groups -OCH3 is 1. The van der Waals surface area contributed by atoms with Crippen molar-refractivity contribution in [2.45, 2.75) is 57.4 Å². The van der Waals surface area contributed by atoms with Crippen LogP contribution in [0.4, 0.5) is 0 Å². The lowest BCUT2D eigenvalue weighted by molar-refractivity contribution is 0.272. The molecular formula is C17H27NO. The van der Waals surface area contributed by atoms with Crippen LogP contribution in [-0.2, 0) is 5.41 Å². The Hall–Kier alpha value is -1.02. The fourth-order valence-electron chi connectivity index (χ4n) is 3.15. The molecule has 1 aliphatic carbocycles. The van der Waals surface area contributed by atoms with E-state index in [1.54, 1.807) is 7.11 Å². The summed E-state index contributed by atoms with van der Waals surface area (Å²) in [7, 11) is 1.75. The summed E-state index contributed by atoms with van der Waals surface area (Å²) in [5.41, 5.74) is 1.75. The van der Waals surface area contributed by atoms with E-state index < -0.39 is 0 Å². The maximum absolute atomic E-state index is 5.40. The van der Waals surface area contributed by atoms with Crippen molar-refractivity contribution in [3.05, 3.63) is 29.8 Å². The summed E-state index contributed by atoms with van der Waals surface area (Å²) in [6.07, 6.45) is 6.65. The highest BCUT2D eigenvalue weighted by molar-refractivity contribution is 5.34. The van der Waals surface area contributed by atoms with Gasteiger partial charge in [-0.05, 0) is 30.5 Å². The van der Waals surface area contributed by atoms with Crippen LogP contribution in [0.25, 0.3) is 0 Å². The molecule has 2 nitrogen and oxygen atoms in total. The van der Waals surface area contributed by atoms with E-state index in [0.29, 0.717) is 11.5 Å². The molecule has 2 heteroatoms. The largest absolute Gasteiger partial charge is 0.497 e. The number of hydrogen-bond donors (Lipinski definition) is 1. The Morgan fingerprint density at radius 2 is 1.95 bits per heavy atom. The molecule has 2 rings (SSSR count). The summed E-state index contributed by atoms with van der Waals surface area (Å²) in [6, 6.07) is 9.21. The van der Waals surface area contributed by atoms with E-state index in [4.69, 9.17) is 4.74 Å². The molecule has 0 bridgehead atoms. The first-order valence-corrected chi connectivity index (χ1v) is 7.54. The van der Waals surface area contributed by atoms with Gasteiger partial charge < -0.3 is 10.1 Å². The van der Waals surface area contributed by atoms with Crippen LogP contribution < -0.4 is 10.1 Å². The monoisotopic (exact) mass is 261 g/mol. The molecule has 1 aliphatic rings. The average molecular weight is 261 g/mol. The zero-order valence-corrected chi connectivity index (χ0v) is 12.5. The zero-order chi connectivity index (χ0) is 13.7. The quantitative estimate of drug-likeness (QED) is 0.868. The van der Waals surface area contributed by atoms with Crippen LogP contribution in [-0.4, -0.2) is 19.7 Å². The fraction of sp³-hybridized carbons (Fsp3) is 0.647. The molecule has 0 saturated heterocycles. The highest BCUT2D eigenvalue weighted by Crippen LogP contribution is 2.40. The first kappa shape index (κ1) is 14.4. The first-order valence-electron chi connectivity index (χ1n) is 7.54. The van der Waals surface area contributed by atoms with Crippen molar-refractivity contribution in [3.63, 3.8) is 0 Å². The minimum atomic E-state index is 0.303. The topological polar surface area (TPSA) is 21.3 Å². The second kappa shape index (κ2) is 6.42. The van der Waals surface area contributed by atoms with Gasteiger partial charge in [0.1, 0.15) is 5.75 Å². The van der Waals surface area contributed by atoms with Gasteiger partial charge in [0.25, 0.3) is 0 Å². The van der Waals surface area contributed by atoms with E-state index in [-0.39, 0.29) is 0 Å². The van der Waals surface area contributed by atoms with Gasteiger partial charge in [-0.15, -0.1) is 0 Å². The molecule has 0 atom stereocenters. The second-order valence-electron chi connectivity index (χ2n) is 6.11. The number of benzene rings is 1. The Bertz CT molecular complexity index is 394. The van der Waals surface area contributed by atoms with Crippen LogP contribution in [0.5, 0.6) is 5.75 Å². The SMILES string of the molecule is COc1cccc(C2(CNC(C)C)CCCCC2)c1. The lowest BCUT2D eigenvalue weighted by Gasteiger charge is -2.39. The lowest BCUT2D eigenvalue weighted by Crippen LogP contribution is -2.42. The minimum Gasteiger partial charge on any atom is -0.497 e. The van der Waals surface area contributed by atoms with Gasteiger partial charge in [0.05, 0.1) is 7.11 Å². The van der Waals surface area contributed by atoms with E-state index in [1.165, 1.54) is 37.7 Å². The third-order valence-electron chi connectivity index (χ3n) is 4.34. The average Bonchev–Trinajstić information content (AvgIpc) is 2.46. The molecule has 0 heterocycles. The summed E-state index contributed by atoms with van der Waals surface area (Å²) in [6.45, 7) is 5.53. The van der Waals surface area contributed by atoms with E-state index >= 15 is 0 Å². The highest BCUT2D eigenvalue weighted by atomic mass is 16.5. The normalized spacial score (nSPS) is 18.5. The number of rotatable bonds is 5. The molecule has 1 fully saturated rings. The van der Waals surface area contributed by atoms with Gasteiger partial charge in [0.2, 0.25) is 0 Å². The predicted molar refractivity (Wildman–Crippen MR) is 80.9 cm³/mol. The number of hydrogen-bond acceptors (Lipinski definition) is 2. The van der Waals surface area contributed by atoms with Crippen LogP contribution in [0, 0.1) is 0 Å². The molecule has 0 radical (unpaired) electrons. The van der Waals surface area contributed by atoms with Gasteiger partial charge in [-0.3, -0.25) is 0 Å². The predicted octanol–water partition coefficient (Wildman–Crippen LogP) is 3.90. The highest BCUT2D eigenvalue weighted by Gasteiger charge is 2.33. The Morgan fingerprint density at radius 3 is 2.58 bits per heavy atom. The number of ether oxygens (including phenoxy) is 1. The summed E-state index contributed by atoms with van der Waals surface area (Å²) >= 11 is 0. The molecule has 1 saturated carbocycles. The van der Waals surface area contributed by atoms with E-state index in [2.05, 4.69) is 37.4 Å². The fourth-order valence-corrected chi connectivity index (χ4v) is 3.15. The van der Waals surface area contributed by atoms with Crippen LogP contribution >= 0.6 is 0 Å². The van der Waals surface area contributed by atoms with Crippen molar-refractivity contribution in [2.24, 2.45) is 0 Å². The van der Waals surface area contributed by atoms with Gasteiger partial charge >= 0.3 is 0 Å². The van der Waals surface area contributed by atoms with Crippen molar-refractivity contribution in [1.82, 2.24) is 5.32 Å². The number of nitrogens with one attached hydrogen (secondary N) is 1. The van der Waals surface area contributed by atoms with Crippen molar-refractivity contribution in [1.29, 1.82) is 0 Å². The van der Waals surface area contributed by atoms with Crippen LogP contribution in [0.3, 0.4) is 0 Å². The Morgan fingerprint density at radius 1 is 1.21 bits per heavy atom. The zero-order valence-electron chi connectivity index (χ0n) is 12.5.